The summed E-state index contributed by atoms with van der Waals surface area (Å²) in [5.74, 6) is 0.440. The number of benzene rings is 3. The largest absolute Gasteiger partial charge is 0.294 e. The second-order valence-electron chi connectivity index (χ2n) is 7.87. The standard InChI is InChI=1S/C27H20ClN5OS/c28-22-13-11-18(12-14-22)24(34)16-20(26-29-27(35)31-30-26)15-21-17-33(23-9-5-2-6-10-23)32-25(21)19-7-3-1-4-8-19/h1-15,17H,16H2,(H2,29,30,31,35)/b20-15+. The number of hydrogen-bond donors (Lipinski definition) is 2. The topological polar surface area (TPSA) is 79.4 Å². The number of allylic oxidation sites excluding steroid dienone is 1. The van der Waals surface area contributed by atoms with Crippen molar-refractivity contribution in [1.82, 2.24) is 25.0 Å². The number of nitrogens with one attached hydrogen (secondary N) is 2. The summed E-state index contributed by atoms with van der Waals surface area (Å²) in [6, 6.07) is 26.7. The first-order valence-corrected chi connectivity index (χ1v) is 11.7. The number of H-pyrrole nitrogens is 2. The van der Waals surface area contributed by atoms with Gasteiger partial charge in [-0.2, -0.15) is 10.1 Å². The lowest BCUT2D eigenvalue weighted by Crippen LogP contribution is -2.02. The van der Waals surface area contributed by atoms with Crippen LogP contribution in [-0.4, -0.2) is 30.7 Å². The Hall–Kier alpha value is -4.07. The van der Waals surface area contributed by atoms with Gasteiger partial charge >= 0.3 is 0 Å². The Kier molecular flexibility index (Phi) is 6.52. The number of carbonyl (C=O) groups excluding carboxylic acids is 1. The van der Waals surface area contributed by atoms with E-state index in [0.717, 1.165) is 22.5 Å². The molecule has 0 aliphatic carbocycles. The quantitative estimate of drug-likeness (QED) is 0.192. The molecule has 6 nitrogen and oxygen atoms in total. The van der Waals surface area contributed by atoms with Gasteiger partial charge in [-0.1, -0.05) is 60.1 Å². The average Bonchev–Trinajstić information content (AvgIpc) is 3.51. The maximum atomic E-state index is 13.1. The third-order valence-electron chi connectivity index (χ3n) is 5.46. The Balaban J connectivity index is 1.62. The van der Waals surface area contributed by atoms with Crippen molar-refractivity contribution in [3.63, 3.8) is 0 Å². The Morgan fingerprint density at radius 1 is 0.943 bits per heavy atom. The number of para-hydroxylation sites is 1. The van der Waals surface area contributed by atoms with E-state index in [-0.39, 0.29) is 12.2 Å². The first-order chi connectivity index (χ1) is 17.1. The summed E-state index contributed by atoms with van der Waals surface area (Å²) in [7, 11) is 0. The lowest BCUT2D eigenvalue weighted by Gasteiger charge is -2.06. The first-order valence-electron chi connectivity index (χ1n) is 10.9. The summed E-state index contributed by atoms with van der Waals surface area (Å²) in [6.07, 6.45) is 4.00. The van der Waals surface area contributed by atoms with Crippen LogP contribution in [0.5, 0.6) is 0 Å². The van der Waals surface area contributed by atoms with Crippen molar-refractivity contribution in [3.8, 4) is 16.9 Å². The lowest BCUT2D eigenvalue weighted by molar-refractivity contribution is 0.0998. The molecule has 0 atom stereocenters. The number of ketones is 1. The fourth-order valence-electron chi connectivity index (χ4n) is 3.75. The van der Waals surface area contributed by atoms with E-state index < -0.39 is 0 Å². The van der Waals surface area contributed by atoms with Crippen LogP contribution in [0.4, 0.5) is 0 Å². The summed E-state index contributed by atoms with van der Waals surface area (Å²) in [5, 5.41) is 11.2. The van der Waals surface area contributed by atoms with Gasteiger partial charge in [-0.25, -0.2) is 4.68 Å². The number of hydrogen-bond acceptors (Lipinski definition) is 4. The van der Waals surface area contributed by atoms with E-state index >= 15 is 0 Å². The van der Waals surface area contributed by atoms with E-state index in [1.165, 1.54) is 0 Å². The van der Waals surface area contributed by atoms with Gasteiger partial charge in [-0.05, 0) is 54.7 Å². The molecule has 0 bridgehead atoms. The molecule has 0 saturated heterocycles. The van der Waals surface area contributed by atoms with Gasteiger partial charge in [0.1, 0.15) is 0 Å². The maximum Gasteiger partial charge on any atom is 0.213 e. The molecule has 2 heterocycles. The van der Waals surface area contributed by atoms with Crippen LogP contribution in [0.1, 0.15) is 28.2 Å². The molecule has 8 heteroatoms. The summed E-state index contributed by atoms with van der Waals surface area (Å²) in [6.45, 7) is 0. The summed E-state index contributed by atoms with van der Waals surface area (Å²) >= 11 is 11.2. The van der Waals surface area contributed by atoms with Gasteiger partial charge in [0.25, 0.3) is 0 Å². The molecular weight excluding hydrogens is 478 g/mol. The number of Topliss-reactive ketones (excluding diaryl/α,β-unsaturated/α-hetero) is 1. The van der Waals surface area contributed by atoms with Crippen molar-refractivity contribution in [2.24, 2.45) is 0 Å². The molecule has 0 aliphatic heterocycles. The molecule has 5 aromatic rings. The van der Waals surface area contributed by atoms with Crippen LogP contribution in [0, 0.1) is 4.77 Å². The molecule has 0 radical (unpaired) electrons. The van der Waals surface area contributed by atoms with Crippen LogP contribution >= 0.6 is 23.8 Å². The Bertz CT molecular complexity index is 1550. The normalized spacial score (nSPS) is 11.5. The number of carbonyl (C=O) groups is 1. The number of rotatable bonds is 7. The molecular formula is C27H20ClN5OS. The fraction of sp³-hybridized carbons (Fsp3) is 0.0370. The second kappa shape index (κ2) is 10.0. The number of nitrogens with zero attached hydrogens (tertiary/aromatic N) is 3. The third-order valence-corrected chi connectivity index (χ3v) is 5.91. The second-order valence-corrected chi connectivity index (χ2v) is 8.69. The van der Waals surface area contributed by atoms with E-state index in [4.69, 9.17) is 28.9 Å². The molecule has 2 aromatic heterocycles. The van der Waals surface area contributed by atoms with E-state index in [1.807, 2.05) is 77.6 Å². The van der Waals surface area contributed by atoms with Crippen molar-refractivity contribution in [2.45, 2.75) is 6.42 Å². The molecule has 0 spiro atoms. The highest BCUT2D eigenvalue weighted by Gasteiger charge is 2.17. The molecule has 0 aliphatic rings. The SMILES string of the molecule is O=C(C/C(=C\c1cn(-c2ccccc2)nc1-c1ccccc1)c1nc(=S)[nH][nH]1)c1ccc(Cl)cc1. The third kappa shape index (κ3) is 5.21. The summed E-state index contributed by atoms with van der Waals surface area (Å²) < 4.78 is 2.15. The predicted octanol–water partition coefficient (Wildman–Crippen LogP) is 6.79. The molecule has 2 N–H and O–H groups in total. The van der Waals surface area contributed by atoms with E-state index in [0.29, 0.717) is 26.8 Å². The van der Waals surface area contributed by atoms with Crippen LogP contribution < -0.4 is 0 Å². The lowest BCUT2D eigenvalue weighted by atomic mass is 9.99. The molecule has 0 fully saturated rings. The molecule has 3 aromatic carbocycles. The van der Waals surface area contributed by atoms with Crippen molar-refractivity contribution in [2.75, 3.05) is 0 Å². The zero-order chi connectivity index (χ0) is 24.2. The summed E-state index contributed by atoms with van der Waals surface area (Å²) in [5.41, 5.74) is 4.79. The van der Waals surface area contributed by atoms with E-state index in [9.17, 15) is 4.79 Å². The van der Waals surface area contributed by atoms with Gasteiger partial charge in [0, 0.05) is 39.9 Å². The van der Waals surface area contributed by atoms with Crippen molar-refractivity contribution in [1.29, 1.82) is 0 Å². The van der Waals surface area contributed by atoms with E-state index in [1.54, 1.807) is 24.3 Å². The van der Waals surface area contributed by atoms with Gasteiger partial charge in [0.2, 0.25) is 4.77 Å². The minimum atomic E-state index is -0.0630. The first kappa shape index (κ1) is 22.7. The number of aromatic nitrogens is 5. The predicted molar refractivity (Wildman–Crippen MR) is 141 cm³/mol. The van der Waals surface area contributed by atoms with Crippen LogP contribution in [0.3, 0.4) is 0 Å². The van der Waals surface area contributed by atoms with Crippen LogP contribution in [0.15, 0.2) is 91.1 Å². The monoisotopic (exact) mass is 497 g/mol. The van der Waals surface area contributed by atoms with Crippen molar-refractivity contribution in [3.05, 3.63) is 118 Å². The highest BCUT2D eigenvalue weighted by molar-refractivity contribution is 7.71. The van der Waals surface area contributed by atoms with Crippen molar-refractivity contribution >= 4 is 41.3 Å². The smallest absolute Gasteiger partial charge is 0.213 e. The van der Waals surface area contributed by atoms with Gasteiger partial charge in [-0.15, -0.1) is 0 Å². The van der Waals surface area contributed by atoms with Gasteiger partial charge in [-0.3, -0.25) is 15.0 Å². The van der Waals surface area contributed by atoms with Gasteiger partial charge < -0.3 is 0 Å². The highest BCUT2D eigenvalue weighted by atomic mass is 35.5. The molecule has 5 rings (SSSR count). The van der Waals surface area contributed by atoms with Crippen LogP contribution in [0.2, 0.25) is 5.02 Å². The Morgan fingerprint density at radius 3 is 2.29 bits per heavy atom. The minimum Gasteiger partial charge on any atom is -0.294 e. The zero-order valence-corrected chi connectivity index (χ0v) is 20.1. The Morgan fingerprint density at radius 2 is 1.63 bits per heavy atom. The van der Waals surface area contributed by atoms with Gasteiger partial charge in [0.05, 0.1) is 11.4 Å². The summed E-state index contributed by atoms with van der Waals surface area (Å²) in [4.78, 5) is 17.5. The van der Waals surface area contributed by atoms with Gasteiger partial charge in [0.15, 0.2) is 11.6 Å². The molecule has 172 valence electrons. The minimum absolute atomic E-state index is 0.0630. The van der Waals surface area contributed by atoms with Crippen LogP contribution in [0.25, 0.3) is 28.6 Å². The number of aromatic amines is 2. The molecule has 0 unspecified atom stereocenters. The van der Waals surface area contributed by atoms with Crippen LogP contribution in [-0.2, 0) is 0 Å². The van der Waals surface area contributed by atoms with E-state index in [2.05, 4.69) is 15.2 Å². The molecule has 0 amide bonds. The maximum absolute atomic E-state index is 13.1. The number of halogens is 1. The Labute approximate surface area is 211 Å². The highest BCUT2D eigenvalue weighted by Crippen LogP contribution is 2.29. The molecule has 35 heavy (non-hydrogen) atoms. The zero-order valence-electron chi connectivity index (χ0n) is 18.5. The average molecular weight is 498 g/mol. The molecule has 0 saturated carbocycles. The van der Waals surface area contributed by atoms with Crippen molar-refractivity contribution < 1.29 is 4.79 Å². The fourth-order valence-corrected chi connectivity index (χ4v) is 4.02.